The molecule has 3 rings (SSSR count). The summed E-state index contributed by atoms with van der Waals surface area (Å²) in [4.78, 5) is 4.22. The monoisotopic (exact) mass is 304 g/mol. The van der Waals surface area contributed by atoms with Crippen LogP contribution in [0.25, 0.3) is 11.5 Å². The van der Waals surface area contributed by atoms with Gasteiger partial charge in [-0.3, -0.25) is 0 Å². The van der Waals surface area contributed by atoms with Gasteiger partial charge in [0.25, 0.3) is 5.89 Å². The average molecular weight is 305 g/mol. The number of hydrogen-bond acceptors (Lipinski definition) is 4. The van der Waals surface area contributed by atoms with Crippen LogP contribution in [0.2, 0.25) is 5.02 Å². The fourth-order valence-electron chi connectivity index (χ4n) is 1.70. The summed E-state index contributed by atoms with van der Waals surface area (Å²) in [7, 11) is 0. The van der Waals surface area contributed by atoms with Crippen LogP contribution in [0.3, 0.4) is 0 Å². The normalized spacial score (nSPS) is 10.6. The van der Waals surface area contributed by atoms with Crippen LogP contribution in [0.1, 0.15) is 5.82 Å². The van der Waals surface area contributed by atoms with Crippen molar-refractivity contribution in [2.75, 3.05) is 0 Å². The summed E-state index contributed by atoms with van der Waals surface area (Å²) < 4.78 is 23.4. The highest BCUT2D eigenvalue weighted by Gasteiger charge is 2.09. The number of ether oxygens (including phenoxy) is 1. The molecule has 4 nitrogen and oxygen atoms in total. The maximum atomic E-state index is 12.8. The highest BCUT2D eigenvalue weighted by molar-refractivity contribution is 6.30. The number of hydrogen-bond donors (Lipinski definition) is 0. The van der Waals surface area contributed by atoms with E-state index >= 15 is 0 Å². The van der Waals surface area contributed by atoms with E-state index in [1.807, 2.05) is 0 Å². The zero-order valence-corrected chi connectivity index (χ0v) is 11.5. The Bertz CT molecular complexity index is 726. The summed E-state index contributed by atoms with van der Waals surface area (Å²) in [5.41, 5.74) is 0.778. The zero-order valence-electron chi connectivity index (χ0n) is 10.8. The number of benzene rings is 2. The molecule has 0 atom stereocenters. The van der Waals surface area contributed by atoms with Crippen molar-refractivity contribution in [3.8, 4) is 17.2 Å². The van der Waals surface area contributed by atoms with Crippen molar-refractivity contribution in [2.45, 2.75) is 6.61 Å². The molecule has 0 aliphatic carbocycles. The van der Waals surface area contributed by atoms with E-state index in [4.69, 9.17) is 20.9 Å². The van der Waals surface area contributed by atoms with Gasteiger partial charge in [0.2, 0.25) is 5.82 Å². The van der Waals surface area contributed by atoms with Gasteiger partial charge in [-0.15, -0.1) is 0 Å². The lowest BCUT2D eigenvalue weighted by Crippen LogP contribution is -1.97. The van der Waals surface area contributed by atoms with Gasteiger partial charge in [0, 0.05) is 10.6 Å². The first-order chi connectivity index (χ1) is 10.2. The largest absolute Gasteiger partial charge is 0.485 e. The number of aromatic nitrogens is 2. The molecule has 0 fully saturated rings. The van der Waals surface area contributed by atoms with Crippen molar-refractivity contribution in [3.05, 3.63) is 65.2 Å². The van der Waals surface area contributed by atoms with Crippen LogP contribution in [0.5, 0.6) is 5.75 Å². The van der Waals surface area contributed by atoms with Crippen LogP contribution < -0.4 is 4.74 Å². The molecule has 0 bridgehead atoms. The second kappa shape index (κ2) is 5.93. The third-order valence-electron chi connectivity index (χ3n) is 2.74. The molecule has 3 aromatic rings. The van der Waals surface area contributed by atoms with Crippen LogP contribution in [0, 0.1) is 5.82 Å². The predicted molar refractivity (Wildman–Crippen MR) is 75.5 cm³/mol. The third-order valence-corrected chi connectivity index (χ3v) is 2.99. The maximum absolute atomic E-state index is 12.8. The molecule has 0 amide bonds. The number of rotatable bonds is 4. The summed E-state index contributed by atoms with van der Waals surface area (Å²) in [6.45, 7) is 0.142. The van der Waals surface area contributed by atoms with Crippen molar-refractivity contribution < 1.29 is 13.7 Å². The minimum absolute atomic E-state index is 0.142. The molecule has 6 heteroatoms. The third kappa shape index (κ3) is 3.38. The van der Waals surface area contributed by atoms with E-state index in [2.05, 4.69) is 10.1 Å². The van der Waals surface area contributed by atoms with Crippen LogP contribution in [-0.2, 0) is 6.61 Å². The second-order valence-corrected chi connectivity index (χ2v) is 4.70. The van der Waals surface area contributed by atoms with Gasteiger partial charge in [0.1, 0.15) is 11.6 Å². The van der Waals surface area contributed by atoms with Crippen LogP contribution in [-0.4, -0.2) is 10.1 Å². The van der Waals surface area contributed by atoms with Gasteiger partial charge in [-0.05, 0) is 48.5 Å². The lowest BCUT2D eigenvalue weighted by atomic mass is 10.2. The van der Waals surface area contributed by atoms with Crippen molar-refractivity contribution >= 4 is 11.6 Å². The van der Waals surface area contributed by atoms with E-state index in [9.17, 15) is 4.39 Å². The van der Waals surface area contributed by atoms with Crippen LogP contribution in [0.15, 0.2) is 53.1 Å². The average Bonchev–Trinajstić information content (AvgIpc) is 2.96. The molecular weight excluding hydrogens is 295 g/mol. The minimum Gasteiger partial charge on any atom is -0.485 e. The van der Waals surface area contributed by atoms with E-state index < -0.39 is 0 Å². The number of nitrogens with zero attached hydrogens (tertiary/aromatic N) is 2. The van der Waals surface area contributed by atoms with Crippen LogP contribution >= 0.6 is 11.6 Å². The summed E-state index contributed by atoms with van der Waals surface area (Å²) in [5, 5.41) is 4.47. The molecule has 1 heterocycles. The highest BCUT2D eigenvalue weighted by Crippen LogP contribution is 2.20. The molecule has 0 aliphatic heterocycles. The molecule has 0 spiro atoms. The standard InChI is InChI=1S/C15H10ClFN2O2/c16-11-3-1-10(2-4-11)15-18-14(19-21-15)9-20-13-7-5-12(17)6-8-13/h1-8H,9H2. The Kier molecular flexibility index (Phi) is 3.83. The SMILES string of the molecule is Fc1ccc(OCc2noc(-c3ccc(Cl)cc3)n2)cc1. The van der Waals surface area contributed by atoms with E-state index in [1.54, 1.807) is 24.3 Å². The van der Waals surface area contributed by atoms with Crippen molar-refractivity contribution in [2.24, 2.45) is 0 Å². The Labute approximate surface area is 125 Å². The fourth-order valence-corrected chi connectivity index (χ4v) is 1.83. The van der Waals surface area contributed by atoms with Crippen LogP contribution in [0.4, 0.5) is 4.39 Å². The van der Waals surface area contributed by atoms with Gasteiger partial charge in [-0.1, -0.05) is 16.8 Å². The summed E-state index contributed by atoms with van der Waals surface area (Å²) in [6, 6.07) is 12.8. The smallest absolute Gasteiger partial charge is 0.258 e. The van der Waals surface area contributed by atoms with Gasteiger partial charge in [0.05, 0.1) is 0 Å². The summed E-state index contributed by atoms with van der Waals surface area (Å²) in [5.74, 6) is 1.02. The van der Waals surface area contributed by atoms with Crippen molar-refractivity contribution in [3.63, 3.8) is 0 Å². The molecule has 0 aliphatic rings. The van der Waals surface area contributed by atoms with E-state index in [1.165, 1.54) is 24.3 Å². The van der Waals surface area contributed by atoms with Crippen molar-refractivity contribution in [1.29, 1.82) is 0 Å². The summed E-state index contributed by atoms with van der Waals surface area (Å²) in [6.07, 6.45) is 0. The molecule has 106 valence electrons. The summed E-state index contributed by atoms with van der Waals surface area (Å²) >= 11 is 5.82. The second-order valence-electron chi connectivity index (χ2n) is 4.27. The lowest BCUT2D eigenvalue weighted by molar-refractivity contribution is 0.286. The zero-order chi connectivity index (χ0) is 14.7. The Morgan fingerprint density at radius 2 is 1.76 bits per heavy atom. The fraction of sp³-hybridized carbons (Fsp3) is 0.0667. The maximum Gasteiger partial charge on any atom is 0.258 e. The Balaban J connectivity index is 1.67. The molecule has 21 heavy (non-hydrogen) atoms. The molecule has 0 saturated carbocycles. The quantitative estimate of drug-likeness (QED) is 0.728. The molecule has 0 N–H and O–H groups in total. The topological polar surface area (TPSA) is 48.2 Å². The Hall–Kier alpha value is -2.40. The first-order valence-corrected chi connectivity index (χ1v) is 6.55. The Morgan fingerprint density at radius 1 is 1.05 bits per heavy atom. The molecule has 0 saturated heterocycles. The van der Waals surface area contributed by atoms with Gasteiger partial charge in [-0.25, -0.2) is 4.39 Å². The van der Waals surface area contributed by atoms with Gasteiger partial charge in [-0.2, -0.15) is 4.98 Å². The minimum atomic E-state index is -0.313. The van der Waals surface area contributed by atoms with E-state index in [0.29, 0.717) is 22.5 Å². The van der Waals surface area contributed by atoms with Gasteiger partial charge in [0.15, 0.2) is 6.61 Å². The van der Waals surface area contributed by atoms with Crippen molar-refractivity contribution in [1.82, 2.24) is 10.1 Å². The predicted octanol–water partition coefficient (Wildman–Crippen LogP) is 4.11. The van der Waals surface area contributed by atoms with Gasteiger partial charge >= 0.3 is 0 Å². The molecular formula is C15H10ClFN2O2. The Morgan fingerprint density at radius 3 is 2.48 bits per heavy atom. The first-order valence-electron chi connectivity index (χ1n) is 6.17. The van der Waals surface area contributed by atoms with Gasteiger partial charge < -0.3 is 9.26 Å². The first kappa shape index (κ1) is 13.6. The van der Waals surface area contributed by atoms with E-state index in [-0.39, 0.29) is 12.4 Å². The molecule has 0 radical (unpaired) electrons. The molecule has 1 aromatic heterocycles. The molecule has 0 unspecified atom stereocenters. The highest BCUT2D eigenvalue weighted by atomic mass is 35.5. The van der Waals surface area contributed by atoms with E-state index in [0.717, 1.165) is 5.56 Å². The molecule has 2 aromatic carbocycles. The lowest BCUT2D eigenvalue weighted by Gasteiger charge is -2.01. The number of halogens is 2.